The number of fused-ring (bicyclic) bond motifs is 1. The molecule has 7 rings (SSSR count). The van der Waals surface area contributed by atoms with Crippen LogP contribution in [0, 0.1) is 0 Å². The van der Waals surface area contributed by atoms with E-state index < -0.39 is 0 Å². The summed E-state index contributed by atoms with van der Waals surface area (Å²) in [6.07, 6.45) is 7.20. The predicted octanol–water partition coefficient (Wildman–Crippen LogP) is 5.43. The van der Waals surface area contributed by atoms with Gasteiger partial charge in [0.05, 0.1) is 11.3 Å². The van der Waals surface area contributed by atoms with Crippen molar-refractivity contribution < 1.29 is 9.59 Å². The van der Waals surface area contributed by atoms with Crippen LogP contribution in [-0.4, -0.2) is 70.9 Å². The number of benzene rings is 3. The van der Waals surface area contributed by atoms with Gasteiger partial charge in [-0.1, -0.05) is 42.5 Å². The summed E-state index contributed by atoms with van der Waals surface area (Å²) in [6, 6.07) is 23.7. The molecule has 0 atom stereocenters. The zero-order valence-electron chi connectivity index (χ0n) is 24.7. The van der Waals surface area contributed by atoms with Crippen LogP contribution in [-0.2, 0) is 4.79 Å². The van der Waals surface area contributed by atoms with Gasteiger partial charge in [-0.15, -0.1) is 0 Å². The number of hydrogen-bond donors (Lipinski definition) is 3. The first-order valence-electron chi connectivity index (χ1n) is 15.2. The highest BCUT2D eigenvalue weighted by atomic mass is 16.2. The van der Waals surface area contributed by atoms with Crippen LogP contribution >= 0.6 is 0 Å². The fourth-order valence-electron chi connectivity index (χ4n) is 5.80. The molecule has 0 unspecified atom stereocenters. The topological polar surface area (TPSA) is 102 Å². The van der Waals surface area contributed by atoms with E-state index in [9.17, 15) is 9.59 Å². The third-order valence-corrected chi connectivity index (χ3v) is 8.69. The molecule has 3 heterocycles. The number of nitrogens with zero attached hydrogens (tertiary/aromatic N) is 4. The van der Waals surface area contributed by atoms with Crippen LogP contribution in [0.2, 0.25) is 0 Å². The number of nitrogens with one attached hydrogen (secondary N) is 3. The molecule has 0 bridgehead atoms. The fraction of sp³-hybridized carbons (Fsp3) is 0.257. The van der Waals surface area contributed by atoms with E-state index in [-0.39, 0.29) is 11.8 Å². The molecule has 1 saturated carbocycles. The summed E-state index contributed by atoms with van der Waals surface area (Å²) in [5.74, 6) is 0.510. The van der Waals surface area contributed by atoms with Crippen molar-refractivity contribution in [2.75, 3.05) is 49.2 Å². The number of aromatic nitrogens is 2. The molecule has 222 valence electrons. The molecule has 1 aliphatic carbocycles. The number of likely N-dealkylation sites (N-methyl/N-ethyl adjacent to an activating group) is 1. The van der Waals surface area contributed by atoms with Crippen molar-refractivity contribution >= 4 is 40.4 Å². The SMILES string of the molecule is CN1CCN(C(=O)c2ccc(N/C(=C3\C(=O)Nc4cc(-c5cnc(NC6CCC6)nc5)ccc43)c3ccccc3)cc2)CC1. The van der Waals surface area contributed by atoms with Crippen LogP contribution in [0.3, 0.4) is 0 Å². The summed E-state index contributed by atoms with van der Waals surface area (Å²) >= 11 is 0. The van der Waals surface area contributed by atoms with E-state index >= 15 is 0 Å². The van der Waals surface area contributed by atoms with Crippen LogP contribution in [0.4, 0.5) is 17.3 Å². The summed E-state index contributed by atoms with van der Waals surface area (Å²) in [5, 5.41) is 9.93. The lowest BCUT2D eigenvalue weighted by Crippen LogP contribution is -2.47. The zero-order valence-corrected chi connectivity index (χ0v) is 24.7. The fourth-order valence-corrected chi connectivity index (χ4v) is 5.80. The van der Waals surface area contributed by atoms with E-state index in [1.54, 1.807) is 0 Å². The highest BCUT2D eigenvalue weighted by Crippen LogP contribution is 2.39. The number of hydrogen-bond acceptors (Lipinski definition) is 7. The van der Waals surface area contributed by atoms with E-state index in [1.165, 1.54) is 6.42 Å². The maximum Gasteiger partial charge on any atom is 0.258 e. The number of rotatable bonds is 7. The minimum atomic E-state index is -0.179. The van der Waals surface area contributed by atoms with Gasteiger partial charge in [0.2, 0.25) is 5.95 Å². The summed E-state index contributed by atoms with van der Waals surface area (Å²) in [7, 11) is 2.07. The molecule has 0 spiro atoms. The third-order valence-electron chi connectivity index (χ3n) is 8.69. The van der Waals surface area contributed by atoms with Gasteiger partial charge in [-0.2, -0.15) is 0 Å². The van der Waals surface area contributed by atoms with E-state index in [0.29, 0.717) is 28.8 Å². The van der Waals surface area contributed by atoms with E-state index in [0.717, 1.165) is 72.6 Å². The van der Waals surface area contributed by atoms with Gasteiger partial charge >= 0.3 is 0 Å². The molecule has 9 nitrogen and oxygen atoms in total. The number of carbonyl (C=O) groups is 2. The minimum Gasteiger partial charge on any atom is -0.354 e. The van der Waals surface area contributed by atoms with E-state index in [1.807, 2.05) is 90.1 Å². The standard InChI is InChI=1S/C35H35N7O2/c1-41-16-18-42(19-17-41)34(44)24-10-13-28(14-11-24)38-32(23-6-3-2-4-7-23)31-29-15-12-25(20-30(29)40-33(31)43)26-21-36-35(37-22-26)39-27-8-5-9-27/h2-4,6-7,10-15,20-22,27,38H,5,8-9,16-19H2,1H3,(H,40,43)(H,36,37,39)/b32-31-. The minimum absolute atomic E-state index is 0.0425. The lowest BCUT2D eigenvalue weighted by atomic mass is 9.93. The summed E-state index contributed by atoms with van der Waals surface area (Å²) in [6.45, 7) is 3.21. The maximum absolute atomic E-state index is 13.5. The van der Waals surface area contributed by atoms with Gasteiger partial charge in [0.15, 0.2) is 0 Å². The summed E-state index contributed by atoms with van der Waals surface area (Å²) < 4.78 is 0. The molecule has 44 heavy (non-hydrogen) atoms. The molecular weight excluding hydrogens is 550 g/mol. The highest BCUT2D eigenvalue weighted by molar-refractivity contribution is 6.37. The highest BCUT2D eigenvalue weighted by Gasteiger charge is 2.29. The Morgan fingerprint density at radius 3 is 2.27 bits per heavy atom. The average molecular weight is 586 g/mol. The molecule has 1 saturated heterocycles. The maximum atomic E-state index is 13.5. The van der Waals surface area contributed by atoms with Crippen molar-refractivity contribution in [2.24, 2.45) is 0 Å². The lowest BCUT2D eigenvalue weighted by molar-refractivity contribution is -0.110. The van der Waals surface area contributed by atoms with Crippen LogP contribution in [0.15, 0.2) is 85.2 Å². The number of piperazine rings is 1. The third kappa shape index (κ3) is 5.66. The Morgan fingerprint density at radius 1 is 0.864 bits per heavy atom. The second-order valence-electron chi connectivity index (χ2n) is 11.7. The normalized spacial score (nSPS) is 17.8. The molecule has 3 aliphatic rings. The van der Waals surface area contributed by atoms with Gasteiger partial charge in [0, 0.05) is 72.7 Å². The van der Waals surface area contributed by atoms with Crippen molar-refractivity contribution in [2.45, 2.75) is 25.3 Å². The second-order valence-corrected chi connectivity index (χ2v) is 11.7. The van der Waals surface area contributed by atoms with Gasteiger partial charge in [0.1, 0.15) is 0 Å². The number of anilines is 3. The Kier molecular flexibility index (Phi) is 7.54. The summed E-state index contributed by atoms with van der Waals surface area (Å²) in [4.78, 5) is 39.7. The van der Waals surface area contributed by atoms with Crippen LogP contribution in [0.25, 0.3) is 22.4 Å². The Balaban J connectivity index is 1.16. The second kappa shape index (κ2) is 11.9. The molecule has 2 aliphatic heterocycles. The van der Waals surface area contributed by atoms with Gasteiger partial charge < -0.3 is 25.8 Å². The Bertz CT molecular complexity index is 1710. The first-order valence-corrected chi connectivity index (χ1v) is 15.2. The number of carbonyl (C=O) groups excluding carboxylic acids is 2. The van der Waals surface area contributed by atoms with Gasteiger partial charge in [0.25, 0.3) is 11.8 Å². The van der Waals surface area contributed by atoms with E-state index in [4.69, 9.17) is 0 Å². The van der Waals surface area contributed by atoms with Crippen molar-refractivity contribution in [3.8, 4) is 11.1 Å². The average Bonchev–Trinajstić information content (AvgIpc) is 3.37. The van der Waals surface area contributed by atoms with Gasteiger partial charge in [-0.25, -0.2) is 9.97 Å². The molecule has 4 aromatic rings. The Hall–Kier alpha value is -5.02. The lowest BCUT2D eigenvalue weighted by Gasteiger charge is -2.32. The Morgan fingerprint density at radius 2 is 1.59 bits per heavy atom. The molecule has 9 heteroatoms. The van der Waals surface area contributed by atoms with Crippen molar-refractivity contribution in [1.29, 1.82) is 0 Å². The van der Waals surface area contributed by atoms with Crippen molar-refractivity contribution in [3.05, 3.63) is 102 Å². The molecule has 3 N–H and O–H groups in total. The van der Waals surface area contributed by atoms with E-state index in [2.05, 4.69) is 37.9 Å². The molecule has 2 amide bonds. The largest absolute Gasteiger partial charge is 0.354 e. The molecule has 3 aromatic carbocycles. The van der Waals surface area contributed by atoms with Gasteiger partial charge in [-0.05, 0) is 67.8 Å². The first-order chi connectivity index (χ1) is 21.5. The molecule has 0 radical (unpaired) electrons. The first kappa shape index (κ1) is 27.8. The number of amides is 2. The quantitative estimate of drug-likeness (QED) is 0.249. The van der Waals surface area contributed by atoms with Crippen molar-refractivity contribution in [3.63, 3.8) is 0 Å². The van der Waals surface area contributed by atoms with Crippen LogP contribution < -0.4 is 16.0 Å². The van der Waals surface area contributed by atoms with Crippen LogP contribution in [0.1, 0.15) is 40.7 Å². The van der Waals surface area contributed by atoms with Crippen molar-refractivity contribution in [1.82, 2.24) is 19.8 Å². The smallest absolute Gasteiger partial charge is 0.258 e. The summed E-state index contributed by atoms with van der Waals surface area (Å²) in [5.41, 5.74) is 6.95. The van der Waals surface area contributed by atoms with Crippen LogP contribution in [0.5, 0.6) is 0 Å². The Labute approximate surface area is 257 Å². The van der Waals surface area contributed by atoms with Gasteiger partial charge in [-0.3, -0.25) is 9.59 Å². The monoisotopic (exact) mass is 585 g/mol. The molecule has 2 fully saturated rings. The zero-order chi connectivity index (χ0) is 30.0. The molecule has 1 aromatic heterocycles. The predicted molar refractivity (Wildman–Crippen MR) is 174 cm³/mol. The molecular formula is C35H35N7O2.